The summed E-state index contributed by atoms with van der Waals surface area (Å²) in [6.45, 7) is 8.27. The van der Waals surface area contributed by atoms with Crippen LogP contribution >= 0.6 is 11.8 Å². The maximum absolute atomic E-state index is 12.5. The maximum Gasteiger partial charge on any atom is 0.247 e. The summed E-state index contributed by atoms with van der Waals surface area (Å²) in [5.41, 5.74) is 2.91. The van der Waals surface area contributed by atoms with E-state index >= 15 is 0 Å². The van der Waals surface area contributed by atoms with Crippen LogP contribution in [0, 0.1) is 6.92 Å². The second-order valence-corrected chi connectivity index (χ2v) is 10.1. The van der Waals surface area contributed by atoms with Gasteiger partial charge in [0.05, 0.1) is 5.69 Å². The Bertz CT molecular complexity index is 951. The number of aryl methyl sites for hydroxylation is 1. The van der Waals surface area contributed by atoms with Crippen molar-refractivity contribution in [3.63, 3.8) is 0 Å². The maximum atomic E-state index is 12.5. The molecular weight excluding hydrogens is 432 g/mol. The third kappa shape index (κ3) is 6.95. The molecule has 0 atom stereocenters. The van der Waals surface area contributed by atoms with Gasteiger partial charge in [-0.05, 0) is 52.6 Å². The zero-order chi connectivity index (χ0) is 23.0. The van der Waals surface area contributed by atoms with Crippen LogP contribution in [0.5, 0.6) is 0 Å². The normalized spacial score (nSPS) is 19.8. The molecule has 1 saturated heterocycles. The number of likely N-dealkylation sites (N-methyl/N-ethyl adjacent to an activating group) is 1. The van der Waals surface area contributed by atoms with Gasteiger partial charge in [-0.25, -0.2) is 4.98 Å². The smallest absolute Gasteiger partial charge is 0.247 e. The van der Waals surface area contributed by atoms with Crippen molar-refractivity contribution in [1.82, 2.24) is 20.1 Å². The minimum Gasteiger partial charge on any atom is -0.441 e. The molecule has 0 bridgehead atoms. The Hall–Kier alpha value is -2.09. The quantitative estimate of drug-likeness (QED) is 0.545. The van der Waals surface area contributed by atoms with Gasteiger partial charge in [0, 0.05) is 54.5 Å². The van der Waals surface area contributed by atoms with E-state index in [-0.39, 0.29) is 5.91 Å². The SMILES string of the molecule is Cc1oc(C2=CC=C(C(=O)NCCCN3CCN(C)CC3)CC2)nc1CSC1=CCCC=C1. The number of oxazole rings is 1. The molecule has 7 heteroatoms. The number of nitrogens with one attached hydrogen (secondary N) is 1. The van der Waals surface area contributed by atoms with Crippen molar-refractivity contribution in [2.45, 2.75) is 44.8 Å². The van der Waals surface area contributed by atoms with Crippen LogP contribution in [-0.4, -0.2) is 67.0 Å². The minimum atomic E-state index is 0.0539. The fraction of sp³-hybridized carbons (Fsp3) is 0.538. The molecule has 0 saturated carbocycles. The zero-order valence-corrected chi connectivity index (χ0v) is 20.8. The lowest BCUT2D eigenvalue weighted by Crippen LogP contribution is -2.45. The number of carbonyl (C=O) groups excluding carboxylic acids is 1. The fourth-order valence-corrected chi connectivity index (χ4v) is 5.24. The van der Waals surface area contributed by atoms with E-state index in [9.17, 15) is 4.79 Å². The molecule has 0 unspecified atom stereocenters. The van der Waals surface area contributed by atoms with Gasteiger partial charge in [0.15, 0.2) is 0 Å². The van der Waals surface area contributed by atoms with E-state index in [2.05, 4.69) is 40.4 Å². The Kier molecular flexibility index (Phi) is 8.64. The summed E-state index contributed by atoms with van der Waals surface area (Å²) < 4.78 is 5.97. The number of hydrogen-bond acceptors (Lipinski definition) is 6. The van der Waals surface area contributed by atoms with Crippen molar-refractivity contribution < 1.29 is 9.21 Å². The number of amides is 1. The topological polar surface area (TPSA) is 61.6 Å². The minimum absolute atomic E-state index is 0.0539. The molecule has 1 aromatic heterocycles. The van der Waals surface area contributed by atoms with Crippen molar-refractivity contribution in [2.75, 3.05) is 46.3 Å². The van der Waals surface area contributed by atoms with Crippen molar-refractivity contribution in [3.05, 3.63) is 58.2 Å². The Morgan fingerprint density at radius 2 is 2.03 bits per heavy atom. The summed E-state index contributed by atoms with van der Waals surface area (Å²) >= 11 is 1.81. The molecule has 1 N–H and O–H groups in total. The second kappa shape index (κ2) is 11.9. The number of allylic oxidation sites excluding steroid dienone is 6. The third-order valence-corrected chi connectivity index (χ3v) is 7.53. The van der Waals surface area contributed by atoms with E-state index in [1.807, 2.05) is 30.8 Å². The van der Waals surface area contributed by atoms with E-state index < -0.39 is 0 Å². The molecule has 178 valence electrons. The third-order valence-electron chi connectivity index (χ3n) is 6.48. The predicted molar refractivity (Wildman–Crippen MR) is 136 cm³/mol. The largest absolute Gasteiger partial charge is 0.441 e. The van der Waals surface area contributed by atoms with Gasteiger partial charge in [-0.3, -0.25) is 4.79 Å². The monoisotopic (exact) mass is 468 g/mol. The van der Waals surface area contributed by atoms with Crippen LogP contribution < -0.4 is 5.32 Å². The number of carbonyl (C=O) groups is 1. The van der Waals surface area contributed by atoms with Crippen LogP contribution in [0.2, 0.25) is 0 Å². The van der Waals surface area contributed by atoms with Crippen LogP contribution in [0.25, 0.3) is 5.57 Å². The van der Waals surface area contributed by atoms with Gasteiger partial charge in [-0.2, -0.15) is 0 Å². The van der Waals surface area contributed by atoms with Crippen molar-refractivity contribution in [2.24, 2.45) is 0 Å². The van der Waals surface area contributed by atoms with Crippen LogP contribution in [0.15, 0.2) is 45.3 Å². The highest BCUT2D eigenvalue weighted by Crippen LogP contribution is 2.31. The summed E-state index contributed by atoms with van der Waals surface area (Å²) in [4.78, 5) is 23.5. The van der Waals surface area contributed by atoms with Crippen molar-refractivity contribution in [1.29, 1.82) is 0 Å². The number of thioether (sulfide) groups is 1. The summed E-state index contributed by atoms with van der Waals surface area (Å²) in [5, 5.41) is 3.09. The first-order valence-corrected chi connectivity index (χ1v) is 13.1. The van der Waals surface area contributed by atoms with Gasteiger partial charge in [0.1, 0.15) is 5.76 Å². The van der Waals surface area contributed by atoms with Crippen LogP contribution in [-0.2, 0) is 10.5 Å². The Morgan fingerprint density at radius 3 is 2.76 bits per heavy atom. The molecule has 0 spiro atoms. The first-order chi connectivity index (χ1) is 16.1. The molecule has 33 heavy (non-hydrogen) atoms. The Morgan fingerprint density at radius 1 is 1.18 bits per heavy atom. The Balaban J connectivity index is 1.23. The zero-order valence-electron chi connectivity index (χ0n) is 19.9. The van der Waals surface area contributed by atoms with Gasteiger partial charge >= 0.3 is 0 Å². The average molecular weight is 469 g/mol. The summed E-state index contributed by atoms with van der Waals surface area (Å²) in [6, 6.07) is 0. The van der Waals surface area contributed by atoms with E-state index in [1.54, 1.807) is 0 Å². The first kappa shape index (κ1) is 24.0. The van der Waals surface area contributed by atoms with Gasteiger partial charge in [0.25, 0.3) is 0 Å². The average Bonchev–Trinajstić information content (AvgIpc) is 3.22. The van der Waals surface area contributed by atoms with E-state index in [0.29, 0.717) is 5.89 Å². The highest BCUT2D eigenvalue weighted by Gasteiger charge is 2.19. The summed E-state index contributed by atoms with van der Waals surface area (Å²) in [7, 11) is 2.17. The molecule has 1 fully saturated rings. The van der Waals surface area contributed by atoms with Gasteiger partial charge in [0.2, 0.25) is 11.8 Å². The molecule has 2 aliphatic carbocycles. The van der Waals surface area contributed by atoms with Crippen LogP contribution in [0.3, 0.4) is 0 Å². The Labute approximate surface area is 201 Å². The van der Waals surface area contributed by atoms with Crippen molar-refractivity contribution in [3.8, 4) is 0 Å². The molecular formula is C26H36N4O2S. The molecule has 3 aliphatic rings. The van der Waals surface area contributed by atoms with Gasteiger partial charge in [-0.15, -0.1) is 11.8 Å². The molecule has 6 nitrogen and oxygen atoms in total. The number of aromatic nitrogens is 1. The highest BCUT2D eigenvalue weighted by molar-refractivity contribution is 8.02. The molecule has 1 amide bonds. The number of piperazine rings is 1. The summed E-state index contributed by atoms with van der Waals surface area (Å²) in [6.07, 6.45) is 15.4. The molecule has 0 aromatic carbocycles. The highest BCUT2D eigenvalue weighted by atomic mass is 32.2. The van der Waals surface area contributed by atoms with Crippen LogP contribution in [0.4, 0.5) is 0 Å². The first-order valence-electron chi connectivity index (χ1n) is 12.1. The summed E-state index contributed by atoms with van der Waals surface area (Å²) in [5.74, 6) is 2.44. The van der Waals surface area contributed by atoms with Gasteiger partial charge < -0.3 is 19.5 Å². The lowest BCUT2D eigenvalue weighted by atomic mass is 9.98. The predicted octanol–water partition coefficient (Wildman–Crippen LogP) is 4.31. The number of hydrogen-bond donors (Lipinski definition) is 1. The van der Waals surface area contributed by atoms with E-state index in [1.165, 1.54) is 4.91 Å². The van der Waals surface area contributed by atoms with E-state index in [4.69, 9.17) is 9.40 Å². The lowest BCUT2D eigenvalue weighted by Gasteiger charge is -2.32. The van der Waals surface area contributed by atoms with Crippen molar-refractivity contribution >= 4 is 23.2 Å². The van der Waals surface area contributed by atoms with Gasteiger partial charge in [-0.1, -0.05) is 30.4 Å². The van der Waals surface area contributed by atoms with Crippen LogP contribution in [0.1, 0.15) is 49.4 Å². The molecule has 2 heterocycles. The molecule has 1 aliphatic heterocycles. The molecule has 4 rings (SSSR count). The lowest BCUT2D eigenvalue weighted by molar-refractivity contribution is -0.117. The second-order valence-electron chi connectivity index (χ2n) is 9.03. The number of rotatable bonds is 9. The molecule has 1 aromatic rings. The standard InChI is InChI=1S/C26H36N4O2S/c1-20-24(19-33-23-7-4-3-5-8-23)28-26(32-20)22-11-9-21(10-12-22)25(31)27-13-6-14-30-17-15-29(2)16-18-30/h4,7-9,11H,3,5-6,10,12-19H2,1-2H3,(H,27,31). The molecule has 0 radical (unpaired) electrons. The van der Waals surface area contributed by atoms with E-state index in [0.717, 1.165) is 99.7 Å². The fourth-order valence-electron chi connectivity index (χ4n) is 4.24. The number of nitrogens with zero attached hydrogens (tertiary/aromatic N) is 3.